The average molecular weight is 280 g/mol. The van der Waals surface area contributed by atoms with E-state index in [1.807, 2.05) is 0 Å². The van der Waals surface area contributed by atoms with E-state index < -0.39 is 0 Å². The Morgan fingerprint density at radius 2 is 2.25 bits per heavy atom. The van der Waals surface area contributed by atoms with Gasteiger partial charge in [-0.25, -0.2) is 4.79 Å². The summed E-state index contributed by atoms with van der Waals surface area (Å²) in [6.45, 7) is 4.38. The maximum absolute atomic E-state index is 11.6. The molecule has 0 amide bonds. The second kappa shape index (κ2) is 7.19. The highest BCUT2D eigenvalue weighted by Crippen LogP contribution is 2.24. The van der Waals surface area contributed by atoms with Crippen molar-refractivity contribution in [3.8, 4) is 0 Å². The summed E-state index contributed by atoms with van der Waals surface area (Å²) in [5.41, 5.74) is 0. The van der Waals surface area contributed by atoms with Crippen molar-refractivity contribution in [3.05, 3.63) is 23.9 Å². The molecule has 0 saturated carbocycles. The lowest BCUT2D eigenvalue weighted by atomic mass is 9.85. The molecule has 0 radical (unpaired) electrons. The van der Waals surface area contributed by atoms with Crippen molar-refractivity contribution in [2.45, 2.75) is 33.3 Å². The number of ether oxygens (including phenoxy) is 2. The van der Waals surface area contributed by atoms with Crippen LogP contribution in [0.4, 0.5) is 0 Å². The predicted molar refractivity (Wildman–Crippen MR) is 70.7 cm³/mol. The van der Waals surface area contributed by atoms with E-state index in [2.05, 4.69) is 29.2 Å². The number of carbonyl (C=O) groups excluding carboxylic acids is 1. The van der Waals surface area contributed by atoms with Gasteiger partial charge >= 0.3 is 5.97 Å². The molecule has 20 heavy (non-hydrogen) atoms. The molecule has 0 fully saturated rings. The fourth-order valence-electron chi connectivity index (χ4n) is 2.10. The Bertz CT molecular complexity index is 469. The Balaban J connectivity index is 1.62. The van der Waals surface area contributed by atoms with E-state index in [9.17, 15) is 4.79 Å². The average Bonchev–Trinajstić information content (AvgIpc) is 2.83. The van der Waals surface area contributed by atoms with Gasteiger partial charge in [-0.2, -0.15) is 4.98 Å². The van der Waals surface area contributed by atoms with Gasteiger partial charge < -0.3 is 14.0 Å². The molecule has 6 heteroatoms. The van der Waals surface area contributed by atoms with Crippen molar-refractivity contribution in [1.29, 1.82) is 0 Å². The van der Waals surface area contributed by atoms with E-state index in [4.69, 9.17) is 14.0 Å². The Hall–Kier alpha value is -1.69. The summed E-state index contributed by atoms with van der Waals surface area (Å²) in [4.78, 5) is 15.5. The maximum Gasteiger partial charge on any atom is 0.332 e. The molecule has 0 saturated heterocycles. The molecule has 0 N–H and O–H groups in total. The van der Waals surface area contributed by atoms with Crippen molar-refractivity contribution < 1.29 is 18.8 Å². The number of rotatable bonds is 6. The minimum Gasteiger partial charge on any atom is -0.464 e. The maximum atomic E-state index is 11.6. The molecule has 110 valence electrons. The zero-order valence-electron chi connectivity index (χ0n) is 11.9. The van der Waals surface area contributed by atoms with Crippen LogP contribution in [0.15, 0.2) is 16.7 Å². The summed E-state index contributed by atoms with van der Waals surface area (Å²) in [7, 11) is 0. The van der Waals surface area contributed by atoms with Crippen LogP contribution < -0.4 is 0 Å². The number of aryl methyl sites for hydroxylation is 1. The van der Waals surface area contributed by atoms with Crippen molar-refractivity contribution in [1.82, 2.24) is 10.1 Å². The number of hydrogen-bond acceptors (Lipinski definition) is 6. The molecule has 0 spiro atoms. The van der Waals surface area contributed by atoms with E-state index in [-0.39, 0.29) is 19.2 Å². The molecule has 2 atom stereocenters. The zero-order chi connectivity index (χ0) is 14.4. The summed E-state index contributed by atoms with van der Waals surface area (Å²) in [5, 5.41) is 3.63. The van der Waals surface area contributed by atoms with Gasteiger partial charge in [0.05, 0.1) is 6.61 Å². The fourth-order valence-corrected chi connectivity index (χ4v) is 2.10. The van der Waals surface area contributed by atoms with Crippen molar-refractivity contribution in [3.63, 3.8) is 0 Å². The molecule has 1 aliphatic carbocycles. The number of nitrogens with zero attached hydrogens (tertiary/aromatic N) is 2. The SMILES string of the molecule is Cc1noc(COCC(=O)OCC2CC=CCC2C)n1. The number of esters is 1. The Morgan fingerprint density at radius 1 is 1.45 bits per heavy atom. The van der Waals surface area contributed by atoms with Gasteiger partial charge in [-0.05, 0) is 31.6 Å². The normalized spacial score (nSPS) is 21.9. The van der Waals surface area contributed by atoms with Crippen LogP contribution in [0.25, 0.3) is 0 Å². The van der Waals surface area contributed by atoms with E-state index in [0.717, 1.165) is 12.8 Å². The van der Waals surface area contributed by atoms with Crippen LogP contribution in [0.5, 0.6) is 0 Å². The molecule has 1 aromatic rings. The molecule has 0 aromatic carbocycles. The van der Waals surface area contributed by atoms with Crippen molar-refractivity contribution >= 4 is 5.97 Å². The van der Waals surface area contributed by atoms with Crippen molar-refractivity contribution in [2.24, 2.45) is 11.8 Å². The lowest BCUT2D eigenvalue weighted by Gasteiger charge is -2.24. The lowest BCUT2D eigenvalue weighted by Crippen LogP contribution is -2.23. The number of hydrogen-bond donors (Lipinski definition) is 0. The summed E-state index contributed by atoms with van der Waals surface area (Å²) >= 11 is 0. The third-order valence-electron chi connectivity index (χ3n) is 3.39. The van der Waals surface area contributed by atoms with Gasteiger partial charge in [0.15, 0.2) is 5.82 Å². The van der Waals surface area contributed by atoms with Gasteiger partial charge in [0.2, 0.25) is 0 Å². The first-order valence-electron chi connectivity index (χ1n) is 6.82. The first-order chi connectivity index (χ1) is 9.65. The third kappa shape index (κ3) is 4.45. The van der Waals surface area contributed by atoms with Crippen LogP contribution in [-0.2, 0) is 20.9 Å². The summed E-state index contributed by atoms with van der Waals surface area (Å²) in [6, 6.07) is 0. The third-order valence-corrected chi connectivity index (χ3v) is 3.39. The second-order valence-electron chi connectivity index (χ2n) is 5.09. The molecular weight excluding hydrogens is 260 g/mol. The lowest BCUT2D eigenvalue weighted by molar-refractivity contribution is -0.151. The molecule has 6 nitrogen and oxygen atoms in total. The summed E-state index contributed by atoms with van der Waals surface area (Å²) in [6.07, 6.45) is 6.34. The Kier molecular flexibility index (Phi) is 5.29. The van der Waals surface area contributed by atoms with Crippen molar-refractivity contribution in [2.75, 3.05) is 13.2 Å². The summed E-state index contributed by atoms with van der Waals surface area (Å²) in [5.74, 6) is 1.51. The number of carbonyl (C=O) groups is 1. The predicted octanol–water partition coefficient (Wildman–Crippen LogP) is 2.04. The summed E-state index contributed by atoms with van der Waals surface area (Å²) < 4.78 is 15.3. The molecular formula is C14H20N2O4. The van der Waals surface area contributed by atoms with Gasteiger partial charge in [-0.1, -0.05) is 24.2 Å². The van der Waals surface area contributed by atoms with E-state index >= 15 is 0 Å². The van der Waals surface area contributed by atoms with E-state index in [1.54, 1.807) is 6.92 Å². The standard InChI is InChI=1S/C14H20N2O4/c1-10-5-3-4-6-12(10)7-19-14(17)9-18-8-13-15-11(2)16-20-13/h3-4,10,12H,5-9H2,1-2H3. The quantitative estimate of drug-likeness (QED) is 0.586. The number of allylic oxidation sites excluding steroid dienone is 2. The highest BCUT2D eigenvalue weighted by atomic mass is 16.6. The first-order valence-corrected chi connectivity index (χ1v) is 6.82. The highest BCUT2D eigenvalue weighted by Gasteiger charge is 2.20. The van der Waals surface area contributed by atoms with Crippen LogP contribution in [0, 0.1) is 18.8 Å². The van der Waals surface area contributed by atoms with E-state index in [1.165, 1.54) is 0 Å². The molecule has 0 aliphatic heterocycles. The van der Waals surface area contributed by atoms with Crippen LogP contribution in [0.2, 0.25) is 0 Å². The highest BCUT2D eigenvalue weighted by molar-refractivity contribution is 5.70. The fraction of sp³-hybridized carbons (Fsp3) is 0.643. The largest absolute Gasteiger partial charge is 0.464 e. The monoisotopic (exact) mass is 280 g/mol. The van der Waals surface area contributed by atoms with Crippen LogP contribution >= 0.6 is 0 Å². The molecule has 0 bridgehead atoms. The molecule has 2 rings (SSSR count). The Labute approximate surface area is 118 Å². The van der Waals surface area contributed by atoms with Gasteiger partial charge in [-0.3, -0.25) is 0 Å². The van der Waals surface area contributed by atoms with E-state index in [0.29, 0.717) is 30.2 Å². The van der Waals surface area contributed by atoms with Gasteiger partial charge in [0.1, 0.15) is 13.2 Å². The van der Waals surface area contributed by atoms with Crippen LogP contribution in [0.3, 0.4) is 0 Å². The zero-order valence-corrected chi connectivity index (χ0v) is 11.9. The first kappa shape index (κ1) is 14.7. The molecule has 1 aliphatic rings. The number of aromatic nitrogens is 2. The van der Waals surface area contributed by atoms with Gasteiger partial charge in [0, 0.05) is 0 Å². The molecule has 2 unspecified atom stereocenters. The minimum absolute atomic E-state index is 0.0988. The van der Waals surface area contributed by atoms with Gasteiger partial charge in [-0.15, -0.1) is 0 Å². The van der Waals surface area contributed by atoms with Crippen LogP contribution in [0.1, 0.15) is 31.5 Å². The smallest absolute Gasteiger partial charge is 0.332 e. The van der Waals surface area contributed by atoms with Gasteiger partial charge in [0.25, 0.3) is 5.89 Å². The minimum atomic E-state index is -0.358. The second-order valence-corrected chi connectivity index (χ2v) is 5.09. The molecule has 1 heterocycles. The topological polar surface area (TPSA) is 74.5 Å². The molecule has 1 aromatic heterocycles. The van der Waals surface area contributed by atoms with Crippen LogP contribution in [-0.4, -0.2) is 29.3 Å². The Morgan fingerprint density at radius 3 is 2.95 bits per heavy atom.